The van der Waals surface area contributed by atoms with Gasteiger partial charge in [-0.15, -0.1) is 0 Å². The van der Waals surface area contributed by atoms with Crippen molar-refractivity contribution in [3.8, 4) is 0 Å². The molecule has 2 atom stereocenters. The summed E-state index contributed by atoms with van der Waals surface area (Å²) in [6, 6.07) is 3.32. The van der Waals surface area contributed by atoms with E-state index in [1.54, 1.807) is 0 Å². The Morgan fingerprint density at radius 3 is 2.67 bits per heavy atom. The summed E-state index contributed by atoms with van der Waals surface area (Å²) in [5.74, 6) is -2.71. The quantitative estimate of drug-likeness (QED) is 0.746. The Morgan fingerprint density at radius 1 is 1.24 bits per heavy atom. The van der Waals surface area contributed by atoms with Crippen LogP contribution in [0.2, 0.25) is 0 Å². The van der Waals surface area contributed by atoms with E-state index in [1.807, 2.05) is 0 Å². The van der Waals surface area contributed by atoms with Gasteiger partial charge in [0, 0.05) is 11.7 Å². The van der Waals surface area contributed by atoms with Gasteiger partial charge in [0.25, 0.3) is 0 Å². The molecule has 0 heterocycles. The minimum absolute atomic E-state index is 0.188. The lowest BCUT2D eigenvalue weighted by Crippen LogP contribution is -2.37. The molecule has 0 saturated heterocycles. The van der Waals surface area contributed by atoms with Gasteiger partial charge in [-0.3, -0.25) is 4.79 Å². The van der Waals surface area contributed by atoms with Crippen LogP contribution in [-0.2, 0) is 4.79 Å². The van der Waals surface area contributed by atoms with E-state index in [-0.39, 0.29) is 23.6 Å². The number of anilines is 1. The molecule has 0 radical (unpaired) electrons. The molecule has 0 spiro atoms. The molecular weight excluding hydrogens is 275 g/mol. The number of carbonyl (C=O) groups is 2. The number of carboxylic acid groups (broad SMARTS) is 1. The van der Waals surface area contributed by atoms with Gasteiger partial charge in [-0.25, -0.2) is 9.18 Å². The van der Waals surface area contributed by atoms with Crippen LogP contribution >= 0.6 is 0 Å². The summed E-state index contributed by atoms with van der Waals surface area (Å²) in [6.45, 7) is 0. The van der Waals surface area contributed by atoms with E-state index in [0.29, 0.717) is 0 Å². The highest BCUT2D eigenvalue weighted by molar-refractivity contribution is 5.95. The smallest absolute Gasteiger partial charge is 0.338 e. The van der Waals surface area contributed by atoms with Crippen LogP contribution in [0.5, 0.6) is 0 Å². The Labute approximate surface area is 122 Å². The second kappa shape index (κ2) is 6.67. The molecule has 1 aromatic rings. The standard InChI is InChI=1S/C15H19FN2O3/c16-12-7-6-9(8-11(12)15(20)21)18-14(19)10-4-2-1-3-5-13(10)17/h6-8,10,13H,1-5,17H2,(H,18,19)(H,20,21). The first-order chi connectivity index (χ1) is 9.99. The van der Waals surface area contributed by atoms with Crippen molar-refractivity contribution in [2.75, 3.05) is 5.32 Å². The SMILES string of the molecule is NC1CCCCCC1C(=O)Nc1ccc(F)c(C(=O)O)c1. The highest BCUT2D eigenvalue weighted by Gasteiger charge is 2.27. The summed E-state index contributed by atoms with van der Waals surface area (Å²) in [4.78, 5) is 23.2. The molecule has 1 aliphatic carbocycles. The fourth-order valence-corrected chi connectivity index (χ4v) is 2.66. The Morgan fingerprint density at radius 2 is 1.95 bits per heavy atom. The van der Waals surface area contributed by atoms with Crippen LogP contribution in [0.3, 0.4) is 0 Å². The molecular formula is C15H19FN2O3. The van der Waals surface area contributed by atoms with Gasteiger partial charge in [-0.1, -0.05) is 19.3 Å². The third-order valence-electron chi connectivity index (χ3n) is 3.87. The molecule has 4 N–H and O–H groups in total. The maximum Gasteiger partial charge on any atom is 0.338 e. The predicted octanol–water partition coefficient (Wildman–Crippen LogP) is 2.37. The summed E-state index contributed by atoms with van der Waals surface area (Å²) in [7, 11) is 0. The van der Waals surface area contributed by atoms with Gasteiger partial charge in [0.1, 0.15) is 5.82 Å². The van der Waals surface area contributed by atoms with Crippen molar-refractivity contribution in [2.45, 2.75) is 38.1 Å². The molecule has 114 valence electrons. The molecule has 1 aliphatic rings. The van der Waals surface area contributed by atoms with Crippen molar-refractivity contribution in [1.29, 1.82) is 0 Å². The number of nitrogens with two attached hydrogens (primary N) is 1. The zero-order chi connectivity index (χ0) is 15.4. The molecule has 5 nitrogen and oxygen atoms in total. The van der Waals surface area contributed by atoms with Gasteiger partial charge in [0.2, 0.25) is 5.91 Å². The van der Waals surface area contributed by atoms with E-state index < -0.39 is 17.3 Å². The van der Waals surface area contributed by atoms with Crippen LogP contribution in [0.25, 0.3) is 0 Å². The largest absolute Gasteiger partial charge is 0.478 e. The minimum atomic E-state index is -1.37. The fourth-order valence-electron chi connectivity index (χ4n) is 2.66. The maximum absolute atomic E-state index is 13.3. The number of amides is 1. The van der Waals surface area contributed by atoms with E-state index in [4.69, 9.17) is 10.8 Å². The first kappa shape index (κ1) is 15.4. The van der Waals surface area contributed by atoms with Crippen molar-refractivity contribution in [3.05, 3.63) is 29.6 Å². The normalized spacial score (nSPS) is 22.4. The second-order valence-corrected chi connectivity index (χ2v) is 5.40. The molecule has 0 aromatic heterocycles. The van der Waals surface area contributed by atoms with Crippen LogP contribution in [-0.4, -0.2) is 23.0 Å². The average molecular weight is 294 g/mol. The zero-order valence-corrected chi connectivity index (χ0v) is 11.6. The van der Waals surface area contributed by atoms with Crippen molar-refractivity contribution >= 4 is 17.6 Å². The number of benzene rings is 1. The molecule has 6 heteroatoms. The zero-order valence-electron chi connectivity index (χ0n) is 11.6. The number of carboxylic acids is 1. The highest BCUT2D eigenvalue weighted by Crippen LogP contribution is 2.24. The van der Waals surface area contributed by atoms with E-state index in [1.165, 1.54) is 6.07 Å². The third kappa shape index (κ3) is 3.78. The summed E-state index contributed by atoms with van der Waals surface area (Å²) in [6.07, 6.45) is 4.57. The molecule has 0 bridgehead atoms. The number of rotatable bonds is 3. The lowest BCUT2D eigenvalue weighted by atomic mass is 9.94. The Kier molecular flexibility index (Phi) is 4.90. The first-order valence-corrected chi connectivity index (χ1v) is 7.08. The monoisotopic (exact) mass is 294 g/mol. The van der Waals surface area contributed by atoms with Crippen molar-refractivity contribution in [3.63, 3.8) is 0 Å². The molecule has 1 amide bonds. The molecule has 21 heavy (non-hydrogen) atoms. The molecule has 1 fully saturated rings. The highest BCUT2D eigenvalue weighted by atomic mass is 19.1. The van der Waals surface area contributed by atoms with Gasteiger partial charge >= 0.3 is 5.97 Å². The molecule has 2 rings (SSSR count). The van der Waals surface area contributed by atoms with Crippen LogP contribution in [0.4, 0.5) is 10.1 Å². The number of carbonyl (C=O) groups excluding carboxylic acids is 1. The molecule has 1 saturated carbocycles. The fraction of sp³-hybridized carbons (Fsp3) is 0.467. The van der Waals surface area contributed by atoms with E-state index in [9.17, 15) is 14.0 Å². The van der Waals surface area contributed by atoms with Crippen molar-refractivity contribution in [1.82, 2.24) is 0 Å². The topological polar surface area (TPSA) is 92.4 Å². The number of aromatic carboxylic acids is 1. The average Bonchev–Trinajstić information content (AvgIpc) is 2.65. The van der Waals surface area contributed by atoms with Crippen LogP contribution in [0, 0.1) is 11.7 Å². The van der Waals surface area contributed by atoms with Crippen LogP contribution in [0.1, 0.15) is 42.5 Å². The van der Waals surface area contributed by atoms with Gasteiger partial charge in [0.15, 0.2) is 0 Å². The molecule has 0 aliphatic heterocycles. The minimum Gasteiger partial charge on any atom is -0.478 e. The summed E-state index contributed by atoms with van der Waals surface area (Å²) >= 11 is 0. The predicted molar refractivity (Wildman–Crippen MR) is 76.5 cm³/mol. The number of nitrogens with one attached hydrogen (secondary N) is 1. The summed E-state index contributed by atoms with van der Waals surface area (Å²) < 4.78 is 13.3. The lowest BCUT2D eigenvalue weighted by molar-refractivity contribution is -0.120. The first-order valence-electron chi connectivity index (χ1n) is 7.08. The Balaban J connectivity index is 2.11. The van der Waals surface area contributed by atoms with E-state index in [2.05, 4.69) is 5.32 Å². The van der Waals surface area contributed by atoms with Crippen LogP contribution < -0.4 is 11.1 Å². The van der Waals surface area contributed by atoms with Crippen molar-refractivity contribution in [2.24, 2.45) is 11.7 Å². The Hall–Kier alpha value is -1.95. The van der Waals surface area contributed by atoms with Crippen LogP contribution in [0.15, 0.2) is 18.2 Å². The molecule has 1 aromatic carbocycles. The Bertz CT molecular complexity index is 548. The van der Waals surface area contributed by atoms with Gasteiger partial charge in [-0.05, 0) is 31.0 Å². The summed E-state index contributed by atoms with van der Waals surface area (Å²) in [5.41, 5.74) is 5.83. The lowest BCUT2D eigenvalue weighted by Gasteiger charge is -2.20. The van der Waals surface area contributed by atoms with E-state index >= 15 is 0 Å². The summed E-state index contributed by atoms with van der Waals surface area (Å²) in [5, 5.41) is 11.5. The number of hydrogen-bond acceptors (Lipinski definition) is 3. The van der Waals surface area contributed by atoms with Crippen molar-refractivity contribution < 1.29 is 19.1 Å². The maximum atomic E-state index is 13.3. The van der Waals surface area contributed by atoms with Gasteiger partial charge < -0.3 is 16.2 Å². The second-order valence-electron chi connectivity index (χ2n) is 5.40. The van der Waals surface area contributed by atoms with E-state index in [0.717, 1.165) is 44.2 Å². The number of hydrogen-bond donors (Lipinski definition) is 3. The van der Waals surface area contributed by atoms with Gasteiger partial charge in [0.05, 0.1) is 11.5 Å². The number of halogens is 1. The van der Waals surface area contributed by atoms with Gasteiger partial charge in [-0.2, -0.15) is 0 Å². The third-order valence-corrected chi connectivity index (χ3v) is 3.87. The molecule has 2 unspecified atom stereocenters.